The maximum absolute atomic E-state index is 2.29. The highest BCUT2D eigenvalue weighted by atomic mass is 32.2. The lowest BCUT2D eigenvalue weighted by Crippen LogP contribution is -2.25. The van der Waals surface area contributed by atoms with Crippen molar-refractivity contribution in [2.75, 3.05) is 34.5 Å². The molecule has 0 nitrogen and oxygen atoms in total. The molecule has 106 valence electrons. The van der Waals surface area contributed by atoms with E-state index in [-0.39, 0.29) is 0 Å². The van der Waals surface area contributed by atoms with Gasteiger partial charge in [0.2, 0.25) is 0 Å². The number of thioether (sulfide) groups is 4. The van der Waals surface area contributed by atoms with Crippen LogP contribution in [0.2, 0.25) is 0 Å². The molecular formula is C14H26S4. The van der Waals surface area contributed by atoms with Gasteiger partial charge in [0, 0.05) is 22.0 Å². The third-order valence-corrected chi connectivity index (χ3v) is 9.15. The second-order valence-electron chi connectivity index (χ2n) is 5.03. The first-order chi connectivity index (χ1) is 8.97. The van der Waals surface area contributed by atoms with Crippen molar-refractivity contribution in [3.63, 3.8) is 0 Å². The van der Waals surface area contributed by atoms with Gasteiger partial charge in [0.05, 0.1) is 0 Å². The smallest absolute Gasteiger partial charge is 0.0166 e. The third kappa shape index (κ3) is 6.23. The summed E-state index contributed by atoms with van der Waals surface area (Å²) in [6.07, 6.45) is 8.80. The fourth-order valence-corrected chi connectivity index (χ4v) is 8.04. The number of hydrogen-bond acceptors (Lipinski definition) is 4. The van der Waals surface area contributed by atoms with Gasteiger partial charge in [0.1, 0.15) is 0 Å². The summed E-state index contributed by atoms with van der Waals surface area (Å²) in [5.74, 6) is 8.32. The van der Waals surface area contributed by atoms with Gasteiger partial charge in [-0.15, -0.1) is 0 Å². The lowest BCUT2D eigenvalue weighted by Gasteiger charge is -2.31. The first-order valence-corrected chi connectivity index (χ1v) is 11.8. The topological polar surface area (TPSA) is 0 Å². The van der Waals surface area contributed by atoms with E-state index in [1.165, 1.54) is 73.0 Å². The molecule has 0 aromatic carbocycles. The van der Waals surface area contributed by atoms with Crippen LogP contribution in [0.3, 0.4) is 0 Å². The lowest BCUT2D eigenvalue weighted by atomic mass is 10.00. The van der Waals surface area contributed by atoms with E-state index >= 15 is 0 Å². The van der Waals surface area contributed by atoms with E-state index in [2.05, 4.69) is 47.0 Å². The molecule has 1 aliphatic carbocycles. The molecule has 4 heteroatoms. The Morgan fingerprint density at radius 2 is 1.00 bits per heavy atom. The number of hydrogen-bond donors (Lipinski definition) is 0. The number of fused-ring (bicyclic) bond motifs is 1. The van der Waals surface area contributed by atoms with E-state index in [4.69, 9.17) is 0 Å². The lowest BCUT2D eigenvalue weighted by molar-refractivity contribution is 0.527. The van der Waals surface area contributed by atoms with Crippen LogP contribution in [0.25, 0.3) is 0 Å². The molecule has 0 spiro atoms. The molecule has 18 heavy (non-hydrogen) atoms. The van der Waals surface area contributed by atoms with Crippen molar-refractivity contribution in [3.8, 4) is 0 Å². The van der Waals surface area contributed by atoms with Crippen molar-refractivity contribution < 1.29 is 0 Å². The van der Waals surface area contributed by atoms with E-state index in [0.717, 1.165) is 10.5 Å². The highest BCUT2D eigenvalue weighted by Gasteiger charge is 2.25. The zero-order chi connectivity index (χ0) is 12.5. The molecular weight excluding hydrogens is 296 g/mol. The first kappa shape index (κ1) is 15.8. The second kappa shape index (κ2) is 10.2. The minimum absolute atomic E-state index is 0.976. The van der Waals surface area contributed by atoms with Crippen LogP contribution in [0.15, 0.2) is 0 Å². The van der Waals surface area contributed by atoms with E-state index < -0.39 is 0 Å². The fourth-order valence-electron chi connectivity index (χ4n) is 2.56. The molecule has 2 aliphatic rings. The molecule has 0 radical (unpaired) electrons. The van der Waals surface area contributed by atoms with Crippen LogP contribution in [0.5, 0.6) is 0 Å². The average molecular weight is 323 g/mol. The SMILES string of the molecule is C1CSCCSCCCS[C@H]2CCCC[C@@H]2SC1. The summed E-state index contributed by atoms with van der Waals surface area (Å²) in [6.45, 7) is 0. The van der Waals surface area contributed by atoms with Crippen molar-refractivity contribution in [3.05, 3.63) is 0 Å². The first-order valence-electron chi connectivity index (χ1n) is 7.35. The second-order valence-corrected chi connectivity index (χ2v) is 10.2. The Labute approximate surface area is 130 Å². The number of rotatable bonds is 0. The molecule has 2 fully saturated rings. The van der Waals surface area contributed by atoms with Crippen LogP contribution in [-0.4, -0.2) is 45.0 Å². The monoisotopic (exact) mass is 322 g/mol. The maximum Gasteiger partial charge on any atom is 0.0166 e. The van der Waals surface area contributed by atoms with E-state index in [9.17, 15) is 0 Å². The molecule has 1 aliphatic heterocycles. The summed E-state index contributed by atoms with van der Waals surface area (Å²) in [5.41, 5.74) is 0. The largest absolute Gasteiger partial charge is 0.161 e. The van der Waals surface area contributed by atoms with Gasteiger partial charge in [0.15, 0.2) is 0 Å². The summed E-state index contributed by atoms with van der Waals surface area (Å²) in [7, 11) is 0. The summed E-state index contributed by atoms with van der Waals surface area (Å²) in [6, 6.07) is 0. The third-order valence-electron chi connectivity index (χ3n) is 3.54. The minimum atomic E-state index is 0.976. The molecule has 2 atom stereocenters. The van der Waals surface area contributed by atoms with Gasteiger partial charge in [-0.25, -0.2) is 0 Å². The quantitative estimate of drug-likeness (QED) is 0.613. The summed E-state index contributed by atoms with van der Waals surface area (Å²) >= 11 is 8.92. The van der Waals surface area contributed by atoms with Crippen LogP contribution in [0.4, 0.5) is 0 Å². The van der Waals surface area contributed by atoms with E-state index in [1.54, 1.807) is 0 Å². The van der Waals surface area contributed by atoms with E-state index in [1.807, 2.05) is 0 Å². The van der Waals surface area contributed by atoms with Gasteiger partial charge in [-0.3, -0.25) is 0 Å². The maximum atomic E-state index is 2.29. The molecule has 0 aromatic rings. The van der Waals surface area contributed by atoms with Gasteiger partial charge < -0.3 is 0 Å². The zero-order valence-electron chi connectivity index (χ0n) is 11.3. The molecule has 0 amide bonds. The molecule has 2 rings (SSSR count). The van der Waals surface area contributed by atoms with Gasteiger partial charge in [-0.2, -0.15) is 47.0 Å². The fraction of sp³-hybridized carbons (Fsp3) is 1.00. The van der Waals surface area contributed by atoms with Crippen LogP contribution >= 0.6 is 47.0 Å². The zero-order valence-corrected chi connectivity index (χ0v) is 14.5. The Hall–Kier alpha value is 1.40. The van der Waals surface area contributed by atoms with Crippen LogP contribution < -0.4 is 0 Å². The Morgan fingerprint density at radius 1 is 0.500 bits per heavy atom. The predicted molar refractivity (Wildman–Crippen MR) is 94.8 cm³/mol. The molecule has 0 N–H and O–H groups in total. The standard InChI is InChI=1S/C14H26S4/c1-2-6-14-13(5-1)17-9-3-7-15-11-12-16-8-4-10-18-14/h13-14H,1-12H2/t13-,14-/m0/s1. The highest BCUT2D eigenvalue weighted by molar-refractivity contribution is 8.04. The van der Waals surface area contributed by atoms with Crippen molar-refractivity contribution in [2.24, 2.45) is 0 Å². The van der Waals surface area contributed by atoms with Crippen LogP contribution in [-0.2, 0) is 0 Å². The van der Waals surface area contributed by atoms with E-state index in [0.29, 0.717) is 0 Å². The van der Waals surface area contributed by atoms with Gasteiger partial charge in [-0.05, 0) is 48.7 Å². The van der Waals surface area contributed by atoms with Crippen molar-refractivity contribution >= 4 is 47.0 Å². The molecule has 1 saturated carbocycles. The molecule has 1 saturated heterocycles. The van der Waals surface area contributed by atoms with Crippen molar-refractivity contribution in [2.45, 2.75) is 49.0 Å². The normalized spacial score (nSPS) is 33.3. The Balaban J connectivity index is 1.75. The average Bonchev–Trinajstić information content (AvgIpc) is 2.41. The molecule has 0 bridgehead atoms. The summed E-state index contributed by atoms with van der Waals surface area (Å²) < 4.78 is 0. The van der Waals surface area contributed by atoms with Gasteiger partial charge in [0.25, 0.3) is 0 Å². The van der Waals surface area contributed by atoms with Crippen LogP contribution in [0.1, 0.15) is 38.5 Å². The highest BCUT2D eigenvalue weighted by Crippen LogP contribution is 2.37. The predicted octanol–water partition coefficient (Wildman–Crippen LogP) is 5.02. The summed E-state index contributed by atoms with van der Waals surface area (Å²) in [5, 5.41) is 1.95. The van der Waals surface area contributed by atoms with Crippen molar-refractivity contribution in [1.29, 1.82) is 0 Å². The Morgan fingerprint density at radius 3 is 1.50 bits per heavy atom. The molecule has 0 unspecified atom stereocenters. The Bertz CT molecular complexity index is 188. The van der Waals surface area contributed by atoms with Gasteiger partial charge >= 0.3 is 0 Å². The Kier molecular flexibility index (Phi) is 8.92. The van der Waals surface area contributed by atoms with Crippen LogP contribution in [0, 0.1) is 0 Å². The van der Waals surface area contributed by atoms with Crippen molar-refractivity contribution in [1.82, 2.24) is 0 Å². The van der Waals surface area contributed by atoms with Gasteiger partial charge in [-0.1, -0.05) is 12.8 Å². The summed E-state index contributed by atoms with van der Waals surface area (Å²) in [4.78, 5) is 0. The minimum Gasteiger partial charge on any atom is -0.161 e. The molecule has 1 heterocycles. The molecule has 0 aromatic heterocycles.